The van der Waals surface area contributed by atoms with Gasteiger partial charge in [-0.15, -0.1) is 0 Å². The van der Waals surface area contributed by atoms with Gasteiger partial charge in [0.25, 0.3) is 0 Å². The van der Waals surface area contributed by atoms with Gasteiger partial charge >= 0.3 is 5.97 Å². The lowest BCUT2D eigenvalue weighted by Gasteiger charge is -2.02. The molecule has 0 saturated heterocycles. The van der Waals surface area contributed by atoms with Gasteiger partial charge in [0.15, 0.2) is 11.5 Å². The summed E-state index contributed by atoms with van der Waals surface area (Å²) in [6.07, 6.45) is 0. The largest absolute Gasteiger partial charge is 0.464 e. The van der Waals surface area contributed by atoms with Crippen LogP contribution in [0.4, 0.5) is 0 Å². The number of carbonyl (C=O) groups is 1. The Morgan fingerprint density at radius 2 is 2.00 bits per heavy atom. The van der Waals surface area contributed by atoms with E-state index in [9.17, 15) is 4.79 Å². The van der Waals surface area contributed by atoms with Gasteiger partial charge in [0, 0.05) is 0 Å². The Bertz CT molecular complexity index is 385. The van der Waals surface area contributed by atoms with Crippen LogP contribution in [0.3, 0.4) is 0 Å². The van der Waals surface area contributed by atoms with Gasteiger partial charge in [-0.2, -0.15) is 0 Å². The van der Waals surface area contributed by atoms with Gasteiger partial charge in [-0.3, -0.25) is 0 Å². The molecule has 0 heterocycles. The maximum absolute atomic E-state index is 11.0. The van der Waals surface area contributed by atoms with Crippen LogP contribution in [0.15, 0.2) is 29.4 Å². The van der Waals surface area contributed by atoms with E-state index in [2.05, 4.69) is 9.89 Å². The second kappa shape index (κ2) is 5.14. The van der Waals surface area contributed by atoms with Crippen molar-refractivity contribution >= 4 is 11.7 Å². The average molecular weight is 207 g/mol. The SMILES string of the molecule is COC(=O)C(C)=NOc1ccccc1C. The first-order valence-corrected chi connectivity index (χ1v) is 4.50. The van der Waals surface area contributed by atoms with E-state index in [1.54, 1.807) is 6.07 Å². The molecule has 0 aliphatic carbocycles. The number of ether oxygens (including phenoxy) is 1. The van der Waals surface area contributed by atoms with Crippen molar-refractivity contribution in [1.82, 2.24) is 0 Å². The van der Waals surface area contributed by atoms with E-state index in [4.69, 9.17) is 4.84 Å². The van der Waals surface area contributed by atoms with Gasteiger partial charge in [0.2, 0.25) is 0 Å². The molecule has 0 saturated carbocycles. The third-order valence-corrected chi connectivity index (χ3v) is 1.86. The van der Waals surface area contributed by atoms with Crippen LogP contribution in [-0.2, 0) is 9.53 Å². The minimum atomic E-state index is -0.497. The second-order valence-corrected chi connectivity index (χ2v) is 3.03. The van der Waals surface area contributed by atoms with E-state index in [1.807, 2.05) is 25.1 Å². The molecule has 1 rings (SSSR count). The summed E-state index contributed by atoms with van der Waals surface area (Å²) in [5, 5.41) is 3.67. The summed E-state index contributed by atoms with van der Waals surface area (Å²) >= 11 is 0. The quantitative estimate of drug-likeness (QED) is 0.432. The van der Waals surface area contributed by atoms with Crippen molar-refractivity contribution in [2.45, 2.75) is 13.8 Å². The lowest BCUT2D eigenvalue weighted by atomic mass is 10.2. The normalized spacial score (nSPS) is 11.0. The predicted molar refractivity (Wildman–Crippen MR) is 56.9 cm³/mol. The van der Waals surface area contributed by atoms with Gasteiger partial charge < -0.3 is 9.57 Å². The highest BCUT2D eigenvalue weighted by molar-refractivity contribution is 6.35. The van der Waals surface area contributed by atoms with Crippen LogP contribution in [0.5, 0.6) is 5.75 Å². The van der Waals surface area contributed by atoms with Crippen molar-refractivity contribution in [1.29, 1.82) is 0 Å². The van der Waals surface area contributed by atoms with Crippen molar-refractivity contribution in [3.63, 3.8) is 0 Å². The van der Waals surface area contributed by atoms with Gasteiger partial charge in [-0.1, -0.05) is 23.4 Å². The maximum atomic E-state index is 11.0. The molecule has 0 aliphatic rings. The molecule has 0 amide bonds. The topological polar surface area (TPSA) is 47.9 Å². The summed E-state index contributed by atoms with van der Waals surface area (Å²) in [6, 6.07) is 7.42. The van der Waals surface area contributed by atoms with E-state index in [1.165, 1.54) is 14.0 Å². The molecule has 4 nitrogen and oxygen atoms in total. The summed E-state index contributed by atoms with van der Waals surface area (Å²) < 4.78 is 4.48. The number of aryl methyl sites for hydroxylation is 1. The van der Waals surface area contributed by atoms with E-state index in [-0.39, 0.29) is 5.71 Å². The van der Waals surface area contributed by atoms with Crippen LogP contribution in [0.25, 0.3) is 0 Å². The Labute approximate surface area is 88.5 Å². The summed E-state index contributed by atoms with van der Waals surface area (Å²) in [4.78, 5) is 16.1. The number of hydrogen-bond acceptors (Lipinski definition) is 4. The lowest BCUT2D eigenvalue weighted by Crippen LogP contribution is -2.12. The zero-order chi connectivity index (χ0) is 11.3. The number of methoxy groups -OCH3 is 1. The van der Waals surface area contributed by atoms with Crippen LogP contribution < -0.4 is 4.84 Å². The summed E-state index contributed by atoms with van der Waals surface area (Å²) in [7, 11) is 1.30. The van der Waals surface area contributed by atoms with Gasteiger partial charge in [-0.05, 0) is 25.5 Å². The standard InChI is InChI=1S/C11H13NO3/c1-8-6-4-5-7-10(8)15-12-9(2)11(13)14-3/h4-7H,1-3H3. The number of para-hydroxylation sites is 1. The van der Waals surface area contributed by atoms with Crippen molar-refractivity contribution in [3.05, 3.63) is 29.8 Å². The average Bonchev–Trinajstić information content (AvgIpc) is 2.26. The number of hydrogen-bond donors (Lipinski definition) is 0. The van der Waals surface area contributed by atoms with Crippen LogP contribution >= 0.6 is 0 Å². The zero-order valence-corrected chi connectivity index (χ0v) is 8.98. The summed E-state index contributed by atoms with van der Waals surface area (Å²) in [5.74, 6) is 0.129. The fraction of sp³-hybridized carbons (Fsp3) is 0.273. The molecule has 0 radical (unpaired) electrons. The molecule has 0 bridgehead atoms. The molecule has 0 atom stereocenters. The fourth-order valence-electron chi connectivity index (χ4n) is 0.961. The van der Waals surface area contributed by atoms with E-state index in [0.29, 0.717) is 5.75 Å². The first-order valence-electron chi connectivity index (χ1n) is 4.50. The second-order valence-electron chi connectivity index (χ2n) is 3.03. The van der Waals surface area contributed by atoms with Crippen LogP contribution in [0.1, 0.15) is 12.5 Å². The lowest BCUT2D eigenvalue weighted by molar-refractivity contribution is -0.132. The van der Waals surface area contributed by atoms with Crippen molar-refractivity contribution in [2.24, 2.45) is 5.16 Å². The third-order valence-electron chi connectivity index (χ3n) is 1.86. The van der Waals surface area contributed by atoms with Crippen LogP contribution in [0, 0.1) is 6.92 Å². The Hall–Kier alpha value is -1.84. The zero-order valence-electron chi connectivity index (χ0n) is 8.98. The maximum Gasteiger partial charge on any atom is 0.355 e. The summed E-state index contributed by atoms with van der Waals surface area (Å²) in [6.45, 7) is 3.43. The van der Waals surface area contributed by atoms with E-state index >= 15 is 0 Å². The van der Waals surface area contributed by atoms with Gasteiger partial charge in [0.1, 0.15) is 0 Å². The van der Waals surface area contributed by atoms with Crippen LogP contribution in [0.2, 0.25) is 0 Å². The molecule has 0 N–H and O–H groups in total. The van der Waals surface area contributed by atoms with Gasteiger partial charge in [-0.25, -0.2) is 4.79 Å². The Kier molecular flexibility index (Phi) is 3.85. The summed E-state index contributed by atoms with van der Waals surface area (Å²) in [5.41, 5.74) is 1.14. The highest BCUT2D eigenvalue weighted by atomic mass is 16.6. The number of benzene rings is 1. The molecule has 4 heteroatoms. The highest BCUT2D eigenvalue weighted by Crippen LogP contribution is 2.16. The molecule has 1 aromatic carbocycles. The van der Waals surface area contributed by atoms with Crippen molar-refractivity contribution < 1.29 is 14.4 Å². The molecule has 0 aromatic heterocycles. The Balaban J connectivity index is 2.72. The molecule has 0 spiro atoms. The Morgan fingerprint density at radius 1 is 1.33 bits per heavy atom. The smallest absolute Gasteiger partial charge is 0.355 e. The van der Waals surface area contributed by atoms with Crippen molar-refractivity contribution in [3.8, 4) is 5.75 Å². The molecular formula is C11H13NO3. The van der Waals surface area contributed by atoms with Gasteiger partial charge in [0.05, 0.1) is 7.11 Å². The number of oxime groups is 1. The number of carbonyl (C=O) groups excluding carboxylic acids is 1. The monoisotopic (exact) mass is 207 g/mol. The predicted octanol–water partition coefficient (Wildman–Crippen LogP) is 1.92. The molecule has 0 aliphatic heterocycles. The number of esters is 1. The molecule has 0 fully saturated rings. The minimum absolute atomic E-state index is 0.181. The fourth-order valence-corrected chi connectivity index (χ4v) is 0.961. The molecule has 15 heavy (non-hydrogen) atoms. The number of nitrogens with zero attached hydrogens (tertiary/aromatic N) is 1. The molecule has 80 valence electrons. The third kappa shape index (κ3) is 3.09. The molecule has 1 aromatic rings. The van der Waals surface area contributed by atoms with E-state index < -0.39 is 5.97 Å². The van der Waals surface area contributed by atoms with Crippen LogP contribution in [-0.4, -0.2) is 18.8 Å². The Morgan fingerprint density at radius 3 is 2.60 bits per heavy atom. The first-order chi connectivity index (χ1) is 7.15. The molecular weight excluding hydrogens is 194 g/mol. The number of rotatable bonds is 3. The molecule has 0 unspecified atom stereocenters. The minimum Gasteiger partial charge on any atom is -0.464 e. The highest BCUT2D eigenvalue weighted by Gasteiger charge is 2.05. The first kappa shape index (κ1) is 11.2. The van der Waals surface area contributed by atoms with Crippen molar-refractivity contribution in [2.75, 3.05) is 7.11 Å². The van der Waals surface area contributed by atoms with E-state index in [0.717, 1.165) is 5.56 Å².